The van der Waals surface area contributed by atoms with Crippen molar-refractivity contribution in [3.63, 3.8) is 0 Å². The summed E-state index contributed by atoms with van der Waals surface area (Å²) in [7, 11) is 0. The van der Waals surface area contributed by atoms with Gasteiger partial charge in [0.25, 0.3) is 0 Å². The van der Waals surface area contributed by atoms with Gasteiger partial charge in [-0.2, -0.15) is 0 Å². The number of nitrogens with one attached hydrogen (secondary N) is 1. The lowest BCUT2D eigenvalue weighted by molar-refractivity contribution is 0.224. The van der Waals surface area contributed by atoms with Crippen molar-refractivity contribution in [1.29, 1.82) is 0 Å². The molecule has 0 heterocycles. The van der Waals surface area contributed by atoms with Crippen LogP contribution in [0.4, 0.5) is 0 Å². The number of hydrogen-bond donors (Lipinski definition) is 3. The molecule has 13 heavy (non-hydrogen) atoms. The van der Waals surface area contributed by atoms with Crippen LogP contribution in [0.2, 0.25) is 0 Å². The van der Waals surface area contributed by atoms with Crippen LogP contribution >= 0.6 is 0 Å². The van der Waals surface area contributed by atoms with Gasteiger partial charge in [-0.25, -0.2) is 0 Å². The van der Waals surface area contributed by atoms with Gasteiger partial charge in [0.15, 0.2) is 0 Å². The predicted octanol–water partition coefficient (Wildman–Crippen LogP) is 0.474. The maximum absolute atomic E-state index is 8.85. The molecule has 1 aliphatic carbocycles. The Morgan fingerprint density at radius 1 is 1.38 bits per heavy atom. The lowest BCUT2D eigenvalue weighted by Crippen LogP contribution is -2.39. The summed E-state index contributed by atoms with van der Waals surface area (Å²) in [6, 6.07) is 1.06. The quantitative estimate of drug-likeness (QED) is 0.598. The van der Waals surface area contributed by atoms with Crippen LogP contribution < -0.4 is 11.1 Å². The molecule has 0 aromatic rings. The third-order valence-electron chi connectivity index (χ3n) is 2.84. The highest BCUT2D eigenvalue weighted by molar-refractivity contribution is 4.78. The van der Waals surface area contributed by atoms with Gasteiger partial charge in [-0.05, 0) is 31.6 Å². The van der Waals surface area contributed by atoms with Gasteiger partial charge in [0.05, 0.1) is 0 Å². The first kappa shape index (κ1) is 11.0. The molecule has 1 unspecified atom stereocenters. The Morgan fingerprint density at radius 2 is 2.00 bits per heavy atom. The Labute approximate surface area is 80.7 Å². The average Bonchev–Trinajstić information content (AvgIpc) is 2.16. The Kier molecular flexibility index (Phi) is 4.70. The Morgan fingerprint density at radius 3 is 2.54 bits per heavy atom. The zero-order chi connectivity index (χ0) is 9.68. The van der Waals surface area contributed by atoms with E-state index in [9.17, 15) is 0 Å². The van der Waals surface area contributed by atoms with Crippen molar-refractivity contribution in [2.45, 2.75) is 44.7 Å². The standard InChI is InChI=1S/C10H22N2O/c1-8(7-13)6-12-10-4-2-9(11)3-5-10/h8-10,12-13H,2-7,11H2,1H3. The molecule has 1 atom stereocenters. The molecule has 0 aromatic carbocycles. The SMILES string of the molecule is CC(CO)CNC1CCC(N)CC1. The topological polar surface area (TPSA) is 58.3 Å². The van der Waals surface area contributed by atoms with Crippen molar-refractivity contribution in [3.8, 4) is 0 Å². The van der Waals surface area contributed by atoms with Crippen molar-refractivity contribution in [3.05, 3.63) is 0 Å². The number of nitrogens with two attached hydrogens (primary N) is 1. The van der Waals surface area contributed by atoms with Gasteiger partial charge in [0, 0.05) is 25.2 Å². The minimum absolute atomic E-state index is 0.277. The molecule has 0 aromatic heterocycles. The van der Waals surface area contributed by atoms with E-state index in [2.05, 4.69) is 12.2 Å². The molecule has 78 valence electrons. The maximum Gasteiger partial charge on any atom is 0.0468 e. The summed E-state index contributed by atoms with van der Waals surface area (Å²) in [4.78, 5) is 0. The molecule has 1 rings (SSSR count). The molecule has 1 saturated carbocycles. The van der Waals surface area contributed by atoms with Crippen LogP contribution in [-0.2, 0) is 0 Å². The van der Waals surface area contributed by atoms with Gasteiger partial charge in [-0.1, -0.05) is 6.92 Å². The summed E-state index contributed by atoms with van der Waals surface area (Å²) in [5.74, 6) is 0.371. The molecule has 3 heteroatoms. The van der Waals surface area contributed by atoms with Gasteiger partial charge < -0.3 is 16.2 Å². The van der Waals surface area contributed by atoms with Crippen molar-refractivity contribution >= 4 is 0 Å². The van der Waals surface area contributed by atoms with Crippen LogP contribution in [0.25, 0.3) is 0 Å². The van der Waals surface area contributed by atoms with E-state index in [1.165, 1.54) is 12.8 Å². The normalized spacial score (nSPS) is 31.6. The molecule has 0 spiro atoms. The van der Waals surface area contributed by atoms with Crippen molar-refractivity contribution in [2.75, 3.05) is 13.2 Å². The van der Waals surface area contributed by atoms with Crippen LogP contribution in [0.15, 0.2) is 0 Å². The molecular formula is C10H22N2O. The summed E-state index contributed by atoms with van der Waals surface area (Å²) in [6.07, 6.45) is 4.68. The fraction of sp³-hybridized carbons (Fsp3) is 1.00. The van der Waals surface area contributed by atoms with Crippen LogP contribution in [0.1, 0.15) is 32.6 Å². The fourth-order valence-electron chi connectivity index (χ4n) is 1.76. The van der Waals surface area contributed by atoms with Gasteiger partial charge in [0.2, 0.25) is 0 Å². The zero-order valence-corrected chi connectivity index (χ0v) is 8.50. The Hall–Kier alpha value is -0.120. The second-order valence-electron chi connectivity index (χ2n) is 4.31. The highest BCUT2D eigenvalue weighted by Gasteiger charge is 2.17. The number of aliphatic hydroxyl groups excluding tert-OH is 1. The molecule has 0 saturated heterocycles. The van der Waals surface area contributed by atoms with Crippen LogP contribution in [0, 0.1) is 5.92 Å². The van der Waals surface area contributed by atoms with Crippen molar-refractivity contribution in [2.24, 2.45) is 11.7 Å². The fourth-order valence-corrected chi connectivity index (χ4v) is 1.76. The molecule has 0 bridgehead atoms. The molecule has 0 radical (unpaired) electrons. The van der Waals surface area contributed by atoms with E-state index in [4.69, 9.17) is 10.8 Å². The van der Waals surface area contributed by atoms with Gasteiger partial charge in [0.1, 0.15) is 0 Å². The van der Waals surface area contributed by atoms with E-state index in [-0.39, 0.29) is 6.61 Å². The van der Waals surface area contributed by atoms with E-state index in [1.807, 2.05) is 0 Å². The molecular weight excluding hydrogens is 164 g/mol. The number of rotatable bonds is 4. The first-order valence-electron chi connectivity index (χ1n) is 5.32. The van der Waals surface area contributed by atoms with Crippen LogP contribution in [0.5, 0.6) is 0 Å². The lowest BCUT2D eigenvalue weighted by atomic mass is 9.91. The lowest BCUT2D eigenvalue weighted by Gasteiger charge is -2.27. The van der Waals surface area contributed by atoms with Crippen LogP contribution in [0.3, 0.4) is 0 Å². The molecule has 4 N–H and O–H groups in total. The highest BCUT2D eigenvalue weighted by Crippen LogP contribution is 2.16. The van der Waals surface area contributed by atoms with Crippen molar-refractivity contribution in [1.82, 2.24) is 5.32 Å². The largest absolute Gasteiger partial charge is 0.396 e. The average molecular weight is 186 g/mol. The highest BCUT2D eigenvalue weighted by atomic mass is 16.3. The van der Waals surface area contributed by atoms with E-state index in [0.717, 1.165) is 19.4 Å². The monoisotopic (exact) mass is 186 g/mol. The first-order valence-corrected chi connectivity index (χ1v) is 5.32. The van der Waals surface area contributed by atoms with Gasteiger partial charge in [-0.15, -0.1) is 0 Å². The minimum Gasteiger partial charge on any atom is -0.396 e. The van der Waals surface area contributed by atoms with E-state index >= 15 is 0 Å². The molecule has 1 fully saturated rings. The predicted molar refractivity (Wildman–Crippen MR) is 54.5 cm³/mol. The summed E-state index contributed by atoms with van der Waals surface area (Å²) in [5, 5.41) is 12.3. The smallest absolute Gasteiger partial charge is 0.0468 e. The molecule has 0 amide bonds. The molecule has 1 aliphatic rings. The second-order valence-corrected chi connectivity index (χ2v) is 4.31. The van der Waals surface area contributed by atoms with E-state index in [0.29, 0.717) is 18.0 Å². The van der Waals surface area contributed by atoms with Gasteiger partial charge in [-0.3, -0.25) is 0 Å². The summed E-state index contributed by atoms with van der Waals surface area (Å²) < 4.78 is 0. The van der Waals surface area contributed by atoms with Crippen molar-refractivity contribution < 1.29 is 5.11 Å². The number of hydrogen-bond acceptors (Lipinski definition) is 3. The zero-order valence-electron chi connectivity index (χ0n) is 8.50. The third kappa shape index (κ3) is 4.07. The van der Waals surface area contributed by atoms with E-state index in [1.54, 1.807) is 0 Å². The Bertz CT molecular complexity index is 133. The number of aliphatic hydroxyl groups is 1. The first-order chi connectivity index (χ1) is 6.22. The maximum atomic E-state index is 8.85. The molecule has 3 nitrogen and oxygen atoms in total. The summed E-state index contributed by atoms with van der Waals surface area (Å²) in [6.45, 7) is 3.26. The van der Waals surface area contributed by atoms with Crippen LogP contribution in [-0.4, -0.2) is 30.3 Å². The third-order valence-corrected chi connectivity index (χ3v) is 2.84. The Balaban J connectivity index is 2.08. The van der Waals surface area contributed by atoms with Gasteiger partial charge >= 0.3 is 0 Å². The summed E-state index contributed by atoms with van der Waals surface area (Å²) in [5.41, 5.74) is 5.81. The summed E-state index contributed by atoms with van der Waals surface area (Å²) >= 11 is 0. The molecule has 0 aliphatic heterocycles. The minimum atomic E-state index is 0.277. The second kappa shape index (κ2) is 5.58. The van der Waals surface area contributed by atoms with E-state index < -0.39 is 0 Å².